The summed E-state index contributed by atoms with van der Waals surface area (Å²) in [7, 11) is 1.74. The van der Waals surface area contributed by atoms with Gasteiger partial charge in [0, 0.05) is 25.3 Å². The van der Waals surface area contributed by atoms with E-state index in [4.69, 9.17) is 9.47 Å². The highest BCUT2D eigenvalue weighted by Gasteiger charge is 2.17. The highest BCUT2D eigenvalue weighted by atomic mass is 16.5. The molecule has 0 saturated heterocycles. The molecular weight excluding hydrogens is 358 g/mol. The summed E-state index contributed by atoms with van der Waals surface area (Å²) >= 11 is 0. The van der Waals surface area contributed by atoms with Gasteiger partial charge in [0.05, 0.1) is 12.3 Å². The maximum absolute atomic E-state index is 12.3. The third kappa shape index (κ3) is 5.16. The lowest BCUT2D eigenvalue weighted by Crippen LogP contribution is -2.33. The quantitative estimate of drug-likeness (QED) is 0.717. The highest BCUT2D eigenvalue weighted by Crippen LogP contribution is 2.30. The van der Waals surface area contributed by atoms with Crippen molar-refractivity contribution in [2.24, 2.45) is 0 Å². The van der Waals surface area contributed by atoms with Crippen LogP contribution in [0.5, 0.6) is 11.5 Å². The SMILES string of the molecule is CCc1cccc(OCCCN(C)C(=O)Nc2ccc3c(c2)OCC(=O)N3)c1. The summed E-state index contributed by atoms with van der Waals surface area (Å²) in [6.07, 6.45) is 1.69. The summed E-state index contributed by atoms with van der Waals surface area (Å²) in [4.78, 5) is 25.3. The van der Waals surface area contributed by atoms with E-state index in [2.05, 4.69) is 23.6 Å². The van der Waals surface area contributed by atoms with Gasteiger partial charge in [0.1, 0.15) is 11.5 Å². The molecule has 2 aromatic rings. The minimum absolute atomic E-state index is 0.0224. The van der Waals surface area contributed by atoms with Gasteiger partial charge in [-0.2, -0.15) is 0 Å². The van der Waals surface area contributed by atoms with Crippen LogP contribution in [-0.2, 0) is 11.2 Å². The molecule has 7 heteroatoms. The number of hydrogen-bond donors (Lipinski definition) is 2. The van der Waals surface area contributed by atoms with E-state index in [1.165, 1.54) is 5.56 Å². The van der Waals surface area contributed by atoms with E-state index in [1.807, 2.05) is 18.2 Å². The first-order chi connectivity index (χ1) is 13.5. The van der Waals surface area contributed by atoms with Crippen molar-refractivity contribution in [3.8, 4) is 11.5 Å². The molecule has 28 heavy (non-hydrogen) atoms. The molecule has 3 amide bonds. The van der Waals surface area contributed by atoms with Gasteiger partial charge in [0.15, 0.2) is 6.61 Å². The van der Waals surface area contributed by atoms with E-state index in [0.29, 0.717) is 30.3 Å². The normalized spacial score (nSPS) is 12.4. The second-order valence-electron chi connectivity index (χ2n) is 6.60. The first kappa shape index (κ1) is 19.5. The Labute approximate surface area is 164 Å². The van der Waals surface area contributed by atoms with Crippen LogP contribution in [0.25, 0.3) is 0 Å². The largest absolute Gasteiger partial charge is 0.494 e. The Kier molecular flexibility index (Phi) is 6.37. The molecule has 2 N–H and O–H groups in total. The average molecular weight is 383 g/mol. The van der Waals surface area contributed by atoms with E-state index in [-0.39, 0.29) is 18.5 Å². The smallest absolute Gasteiger partial charge is 0.321 e. The number of urea groups is 1. The van der Waals surface area contributed by atoms with Crippen LogP contribution in [0.1, 0.15) is 18.9 Å². The van der Waals surface area contributed by atoms with Gasteiger partial charge in [-0.1, -0.05) is 19.1 Å². The molecule has 0 saturated carbocycles. The molecular formula is C21H25N3O4. The van der Waals surface area contributed by atoms with Crippen molar-refractivity contribution in [2.75, 3.05) is 37.4 Å². The van der Waals surface area contributed by atoms with Crippen LogP contribution in [0.15, 0.2) is 42.5 Å². The van der Waals surface area contributed by atoms with Gasteiger partial charge in [0.2, 0.25) is 0 Å². The molecule has 0 aromatic heterocycles. The third-order valence-electron chi connectivity index (χ3n) is 4.43. The van der Waals surface area contributed by atoms with Gasteiger partial charge >= 0.3 is 6.03 Å². The predicted octanol–water partition coefficient (Wildman–Crippen LogP) is 3.51. The monoisotopic (exact) mass is 383 g/mol. The van der Waals surface area contributed by atoms with Crippen LogP contribution in [0.3, 0.4) is 0 Å². The summed E-state index contributed by atoms with van der Waals surface area (Å²) in [6, 6.07) is 13.0. The molecule has 0 spiro atoms. The zero-order chi connectivity index (χ0) is 19.9. The first-order valence-electron chi connectivity index (χ1n) is 9.35. The summed E-state index contributed by atoms with van der Waals surface area (Å²) in [5, 5.41) is 5.55. The van der Waals surface area contributed by atoms with E-state index < -0.39 is 0 Å². The topological polar surface area (TPSA) is 79.9 Å². The number of aryl methyl sites for hydroxylation is 1. The summed E-state index contributed by atoms with van der Waals surface area (Å²) in [5.74, 6) is 1.21. The van der Waals surface area contributed by atoms with E-state index >= 15 is 0 Å². The van der Waals surface area contributed by atoms with Gasteiger partial charge < -0.3 is 25.0 Å². The number of ether oxygens (including phenoxy) is 2. The molecule has 1 aliphatic heterocycles. The number of nitrogens with one attached hydrogen (secondary N) is 2. The Morgan fingerprint density at radius 1 is 1.29 bits per heavy atom. The molecule has 1 aliphatic rings. The van der Waals surface area contributed by atoms with Crippen molar-refractivity contribution in [1.29, 1.82) is 0 Å². The van der Waals surface area contributed by atoms with Crippen molar-refractivity contribution in [2.45, 2.75) is 19.8 Å². The van der Waals surface area contributed by atoms with Crippen LogP contribution in [0.4, 0.5) is 16.2 Å². The molecule has 3 rings (SSSR count). The molecule has 0 unspecified atom stereocenters. The van der Waals surface area contributed by atoms with Gasteiger partial charge in [-0.3, -0.25) is 4.79 Å². The maximum atomic E-state index is 12.3. The summed E-state index contributed by atoms with van der Waals surface area (Å²) in [5.41, 5.74) is 2.45. The number of fused-ring (bicyclic) bond motifs is 1. The fourth-order valence-electron chi connectivity index (χ4n) is 2.82. The minimum Gasteiger partial charge on any atom is -0.494 e. The Balaban J connectivity index is 1.44. The number of benzene rings is 2. The fourth-order valence-corrected chi connectivity index (χ4v) is 2.82. The molecule has 7 nitrogen and oxygen atoms in total. The molecule has 148 valence electrons. The Morgan fingerprint density at radius 3 is 2.96 bits per heavy atom. The molecule has 0 atom stereocenters. The lowest BCUT2D eigenvalue weighted by atomic mass is 10.2. The number of carbonyl (C=O) groups is 2. The molecule has 0 radical (unpaired) electrons. The number of nitrogens with zero attached hydrogens (tertiary/aromatic N) is 1. The van der Waals surface area contributed by atoms with Crippen molar-refractivity contribution < 1.29 is 19.1 Å². The summed E-state index contributed by atoms with van der Waals surface area (Å²) < 4.78 is 11.1. The number of anilines is 2. The number of hydrogen-bond acceptors (Lipinski definition) is 4. The second kappa shape index (κ2) is 9.12. The van der Waals surface area contributed by atoms with Crippen molar-refractivity contribution in [1.82, 2.24) is 4.90 Å². The lowest BCUT2D eigenvalue weighted by molar-refractivity contribution is -0.118. The number of carbonyl (C=O) groups excluding carboxylic acids is 2. The Bertz CT molecular complexity index is 853. The van der Waals surface area contributed by atoms with Crippen LogP contribution < -0.4 is 20.1 Å². The van der Waals surface area contributed by atoms with E-state index in [1.54, 1.807) is 30.1 Å². The van der Waals surface area contributed by atoms with Gasteiger partial charge in [-0.15, -0.1) is 0 Å². The van der Waals surface area contributed by atoms with Gasteiger partial charge in [0.25, 0.3) is 5.91 Å². The van der Waals surface area contributed by atoms with Crippen LogP contribution in [-0.4, -0.2) is 43.6 Å². The lowest BCUT2D eigenvalue weighted by Gasteiger charge is -2.21. The average Bonchev–Trinajstić information content (AvgIpc) is 2.71. The fraction of sp³-hybridized carbons (Fsp3) is 0.333. The Hall–Kier alpha value is -3.22. The molecule has 0 aliphatic carbocycles. The third-order valence-corrected chi connectivity index (χ3v) is 4.43. The van der Waals surface area contributed by atoms with E-state index in [0.717, 1.165) is 18.6 Å². The van der Waals surface area contributed by atoms with Crippen molar-refractivity contribution in [3.63, 3.8) is 0 Å². The maximum Gasteiger partial charge on any atom is 0.321 e. The molecule has 2 aromatic carbocycles. The van der Waals surface area contributed by atoms with Crippen molar-refractivity contribution in [3.05, 3.63) is 48.0 Å². The standard InChI is InChI=1S/C21H25N3O4/c1-3-15-6-4-7-17(12-15)27-11-5-10-24(2)21(26)22-16-8-9-18-19(13-16)28-14-20(25)23-18/h4,6-9,12-13H,3,5,10-11,14H2,1-2H3,(H,22,26)(H,23,25). The number of amides is 3. The highest BCUT2D eigenvalue weighted by molar-refractivity contribution is 5.96. The molecule has 1 heterocycles. The second-order valence-corrected chi connectivity index (χ2v) is 6.60. The first-order valence-corrected chi connectivity index (χ1v) is 9.35. The predicted molar refractivity (Wildman–Crippen MR) is 108 cm³/mol. The van der Waals surface area contributed by atoms with Crippen LogP contribution >= 0.6 is 0 Å². The Morgan fingerprint density at radius 2 is 2.14 bits per heavy atom. The van der Waals surface area contributed by atoms with E-state index in [9.17, 15) is 9.59 Å². The number of rotatable bonds is 7. The van der Waals surface area contributed by atoms with Crippen LogP contribution in [0, 0.1) is 0 Å². The van der Waals surface area contributed by atoms with Crippen molar-refractivity contribution >= 4 is 23.3 Å². The summed E-state index contributed by atoms with van der Waals surface area (Å²) in [6.45, 7) is 3.19. The van der Waals surface area contributed by atoms with Crippen LogP contribution in [0.2, 0.25) is 0 Å². The van der Waals surface area contributed by atoms with Gasteiger partial charge in [-0.05, 0) is 42.7 Å². The molecule has 0 fully saturated rings. The zero-order valence-electron chi connectivity index (χ0n) is 16.2. The minimum atomic E-state index is -0.215. The zero-order valence-corrected chi connectivity index (χ0v) is 16.2. The van der Waals surface area contributed by atoms with Gasteiger partial charge in [-0.25, -0.2) is 4.79 Å². The molecule has 0 bridgehead atoms.